The molecule has 1 atom stereocenters. The normalized spacial score (nSPS) is 16.2. The van der Waals surface area contributed by atoms with Gasteiger partial charge in [0, 0.05) is 18.1 Å². The molecule has 0 aromatic heterocycles. The van der Waals surface area contributed by atoms with Gasteiger partial charge in [-0.1, -0.05) is 54.1 Å². The number of halogens is 1. The topological polar surface area (TPSA) is 32.3 Å². The Hall–Kier alpha value is -1.49. The number of hydrogen-bond donors (Lipinski definition) is 1. The van der Waals surface area contributed by atoms with Gasteiger partial charge < -0.3 is 10.2 Å². The molecular weight excluding hydrogens is 364 g/mol. The fraction of sp³-hybridized carbons (Fsp3) is 0.381. The molecule has 1 heterocycles. The molecule has 1 unspecified atom stereocenters. The van der Waals surface area contributed by atoms with Gasteiger partial charge in [-0.25, -0.2) is 0 Å². The van der Waals surface area contributed by atoms with Crippen molar-refractivity contribution in [1.29, 1.82) is 0 Å². The summed E-state index contributed by atoms with van der Waals surface area (Å²) in [6.45, 7) is 1.99. The van der Waals surface area contributed by atoms with Crippen LogP contribution in [0.4, 0.5) is 0 Å². The molecule has 2 aromatic carbocycles. The molecule has 0 spiro atoms. The minimum atomic E-state index is 0.124. The summed E-state index contributed by atoms with van der Waals surface area (Å²) >= 11 is 7.73. The third-order valence-corrected chi connectivity index (χ3v) is 6.44. The SMILES string of the molecule is CN(C(=O)CSC(c1ccccc1)c1ccc(Cl)cc1)C1CCNCC1. The van der Waals surface area contributed by atoms with Crippen LogP contribution in [0.2, 0.25) is 5.02 Å². The highest BCUT2D eigenvalue weighted by Gasteiger charge is 2.23. The summed E-state index contributed by atoms with van der Waals surface area (Å²) in [5.41, 5.74) is 2.38. The molecule has 1 amide bonds. The number of carbonyl (C=O) groups is 1. The standard InChI is InChI=1S/C21H25ClN2OS/c1-24(19-11-13-23-14-12-19)20(25)15-26-21(16-5-3-2-4-6-16)17-7-9-18(22)10-8-17/h2-10,19,21,23H,11-15H2,1H3. The molecule has 3 nitrogen and oxygen atoms in total. The monoisotopic (exact) mass is 388 g/mol. The summed E-state index contributed by atoms with van der Waals surface area (Å²) in [6.07, 6.45) is 2.07. The lowest BCUT2D eigenvalue weighted by Gasteiger charge is -2.32. The zero-order chi connectivity index (χ0) is 18.4. The van der Waals surface area contributed by atoms with Crippen LogP contribution in [0.5, 0.6) is 0 Å². The zero-order valence-corrected chi connectivity index (χ0v) is 16.6. The molecular formula is C21H25ClN2OS. The molecule has 0 saturated carbocycles. The van der Waals surface area contributed by atoms with E-state index in [1.165, 1.54) is 11.1 Å². The van der Waals surface area contributed by atoms with Crippen molar-refractivity contribution in [3.8, 4) is 0 Å². The van der Waals surface area contributed by atoms with Gasteiger partial charge in [-0.15, -0.1) is 11.8 Å². The minimum Gasteiger partial charge on any atom is -0.342 e. The van der Waals surface area contributed by atoms with Crippen molar-refractivity contribution in [3.63, 3.8) is 0 Å². The second-order valence-corrected chi connectivity index (χ2v) is 8.17. The molecule has 1 N–H and O–H groups in total. The van der Waals surface area contributed by atoms with Gasteiger partial charge in [0.05, 0.1) is 11.0 Å². The molecule has 26 heavy (non-hydrogen) atoms. The number of benzene rings is 2. The number of amides is 1. The highest BCUT2D eigenvalue weighted by molar-refractivity contribution is 8.00. The van der Waals surface area contributed by atoms with Crippen LogP contribution in [0.25, 0.3) is 0 Å². The first-order valence-electron chi connectivity index (χ1n) is 9.03. The Balaban J connectivity index is 1.69. The average Bonchev–Trinajstić information content (AvgIpc) is 2.70. The van der Waals surface area contributed by atoms with E-state index in [4.69, 9.17) is 11.6 Å². The van der Waals surface area contributed by atoms with Crippen molar-refractivity contribution in [3.05, 3.63) is 70.7 Å². The Morgan fingerprint density at radius 3 is 2.38 bits per heavy atom. The molecule has 1 fully saturated rings. The van der Waals surface area contributed by atoms with Crippen LogP contribution in [-0.4, -0.2) is 42.7 Å². The van der Waals surface area contributed by atoms with Gasteiger partial charge in [-0.3, -0.25) is 4.79 Å². The fourth-order valence-electron chi connectivity index (χ4n) is 3.30. The predicted molar refractivity (Wildman–Crippen MR) is 111 cm³/mol. The largest absolute Gasteiger partial charge is 0.342 e. The van der Waals surface area contributed by atoms with E-state index in [1.54, 1.807) is 11.8 Å². The number of hydrogen-bond acceptors (Lipinski definition) is 3. The van der Waals surface area contributed by atoms with Gasteiger partial charge in [0.2, 0.25) is 5.91 Å². The smallest absolute Gasteiger partial charge is 0.232 e. The summed E-state index contributed by atoms with van der Waals surface area (Å²) in [5.74, 6) is 0.680. The van der Waals surface area contributed by atoms with E-state index in [-0.39, 0.29) is 11.2 Å². The van der Waals surface area contributed by atoms with E-state index >= 15 is 0 Å². The highest BCUT2D eigenvalue weighted by Crippen LogP contribution is 2.36. The van der Waals surface area contributed by atoms with Gasteiger partial charge >= 0.3 is 0 Å². The first-order chi connectivity index (χ1) is 12.6. The summed E-state index contributed by atoms with van der Waals surface area (Å²) in [4.78, 5) is 14.7. The molecule has 0 bridgehead atoms. The van der Waals surface area contributed by atoms with Crippen molar-refractivity contribution in [1.82, 2.24) is 10.2 Å². The van der Waals surface area contributed by atoms with E-state index in [0.717, 1.165) is 31.0 Å². The summed E-state index contributed by atoms with van der Waals surface area (Å²) in [5, 5.41) is 4.21. The number of thioether (sulfide) groups is 1. The number of nitrogens with one attached hydrogen (secondary N) is 1. The van der Waals surface area contributed by atoms with Gasteiger partial charge in [0.25, 0.3) is 0 Å². The van der Waals surface area contributed by atoms with E-state index in [1.807, 2.05) is 54.4 Å². The Morgan fingerprint density at radius 2 is 1.73 bits per heavy atom. The number of piperidine rings is 1. The summed E-state index contributed by atoms with van der Waals surface area (Å²) in [7, 11) is 1.94. The first kappa shape index (κ1) is 19.3. The van der Waals surface area contributed by atoms with E-state index in [9.17, 15) is 4.79 Å². The van der Waals surface area contributed by atoms with Crippen molar-refractivity contribution >= 4 is 29.3 Å². The lowest BCUT2D eigenvalue weighted by molar-refractivity contribution is -0.129. The van der Waals surface area contributed by atoms with Crippen molar-refractivity contribution in [2.24, 2.45) is 0 Å². The molecule has 1 aliphatic heterocycles. The van der Waals surface area contributed by atoms with E-state index < -0.39 is 0 Å². The van der Waals surface area contributed by atoms with Crippen LogP contribution in [0.3, 0.4) is 0 Å². The van der Waals surface area contributed by atoms with Crippen LogP contribution in [0, 0.1) is 0 Å². The molecule has 2 aromatic rings. The average molecular weight is 389 g/mol. The fourth-order valence-corrected chi connectivity index (χ4v) is 4.64. The molecule has 3 rings (SSSR count). The van der Waals surface area contributed by atoms with Crippen molar-refractivity contribution in [2.75, 3.05) is 25.9 Å². The zero-order valence-electron chi connectivity index (χ0n) is 15.0. The van der Waals surface area contributed by atoms with Crippen LogP contribution in [-0.2, 0) is 4.79 Å². The summed E-state index contributed by atoms with van der Waals surface area (Å²) < 4.78 is 0. The number of carbonyl (C=O) groups excluding carboxylic acids is 1. The Morgan fingerprint density at radius 1 is 1.12 bits per heavy atom. The Kier molecular flexibility index (Phi) is 7.00. The molecule has 0 radical (unpaired) electrons. The highest BCUT2D eigenvalue weighted by atomic mass is 35.5. The van der Waals surface area contributed by atoms with Gasteiger partial charge in [-0.05, 0) is 49.2 Å². The van der Waals surface area contributed by atoms with Gasteiger partial charge in [0.15, 0.2) is 0 Å². The molecule has 138 valence electrons. The predicted octanol–water partition coefficient (Wildman–Crippen LogP) is 4.37. The lowest BCUT2D eigenvalue weighted by Crippen LogP contribution is -2.44. The second-order valence-electron chi connectivity index (χ2n) is 6.64. The number of nitrogens with zero attached hydrogens (tertiary/aromatic N) is 1. The summed E-state index contributed by atoms with van der Waals surface area (Å²) in [6, 6.07) is 18.6. The maximum Gasteiger partial charge on any atom is 0.232 e. The van der Waals surface area contributed by atoms with Crippen molar-refractivity contribution in [2.45, 2.75) is 24.1 Å². The van der Waals surface area contributed by atoms with Crippen LogP contribution in [0.1, 0.15) is 29.2 Å². The minimum absolute atomic E-state index is 0.124. The van der Waals surface area contributed by atoms with Crippen LogP contribution >= 0.6 is 23.4 Å². The van der Waals surface area contributed by atoms with Crippen LogP contribution < -0.4 is 5.32 Å². The first-order valence-corrected chi connectivity index (χ1v) is 10.5. The molecule has 0 aliphatic carbocycles. The van der Waals surface area contributed by atoms with Gasteiger partial charge in [0.1, 0.15) is 0 Å². The molecule has 1 aliphatic rings. The van der Waals surface area contributed by atoms with Crippen LogP contribution in [0.15, 0.2) is 54.6 Å². The number of rotatable bonds is 6. The third-order valence-electron chi connectivity index (χ3n) is 4.90. The Labute approximate surface area is 165 Å². The Bertz CT molecular complexity index is 702. The molecule has 5 heteroatoms. The van der Waals surface area contributed by atoms with Crippen molar-refractivity contribution < 1.29 is 4.79 Å². The quantitative estimate of drug-likeness (QED) is 0.797. The maximum atomic E-state index is 12.7. The van der Waals surface area contributed by atoms with E-state index in [2.05, 4.69) is 17.4 Å². The maximum absolute atomic E-state index is 12.7. The third kappa shape index (κ3) is 5.03. The van der Waals surface area contributed by atoms with Gasteiger partial charge in [-0.2, -0.15) is 0 Å². The second kappa shape index (κ2) is 9.45. The van der Waals surface area contributed by atoms with E-state index in [0.29, 0.717) is 11.8 Å². The molecule has 1 saturated heterocycles. The lowest BCUT2D eigenvalue weighted by atomic mass is 10.0.